The fourth-order valence-electron chi connectivity index (χ4n) is 2.64. The Hall–Kier alpha value is -0.580. The number of ether oxygens (including phenoxy) is 1. The van der Waals surface area contributed by atoms with E-state index in [2.05, 4.69) is 39.9 Å². The maximum atomic E-state index is 9.66. The van der Waals surface area contributed by atoms with Crippen molar-refractivity contribution in [3.05, 3.63) is 28.2 Å². The Balaban J connectivity index is 2.20. The lowest BCUT2D eigenvalue weighted by Gasteiger charge is -2.40. The third kappa shape index (κ3) is 3.30. The molecule has 0 radical (unpaired) electrons. The first-order valence-corrected chi connectivity index (χ1v) is 7.52. The van der Waals surface area contributed by atoms with Gasteiger partial charge in [0.2, 0.25) is 0 Å². The van der Waals surface area contributed by atoms with E-state index in [1.54, 1.807) is 14.0 Å². The molecule has 0 bridgehead atoms. The molecule has 106 valence electrons. The van der Waals surface area contributed by atoms with Gasteiger partial charge in [-0.05, 0) is 44.4 Å². The molecular formula is C15H22BrNO2. The number of aliphatic hydroxyl groups excluding tert-OH is 1. The summed E-state index contributed by atoms with van der Waals surface area (Å²) in [5, 5.41) is 9.66. The zero-order valence-corrected chi connectivity index (χ0v) is 13.4. The molecule has 2 atom stereocenters. The molecule has 0 aromatic heterocycles. The highest BCUT2D eigenvalue weighted by atomic mass is 79.9. The topological polar surface area (TPSA) is 32.7 Å². The number of anilines is 1. The van der Waals surface area contributed by atoms with Crippen molar-refractivity contribution in [1.82, 2.24) is 0 Å². The number of nitrogens with zero attached hydrogens (tertiary/aromatic N) is 1. The number of halogens is 1. The van der Waals surface area contributed by atoms with Crippen molar-refractivity contribution >= 4 is 21.6 Å². The monoisotopic (exact) mass is 327 g/mol. The number of piperidine rings is 1. The van der Waals surface area contributed by atoms with Gasteiger partial charge in [0, 0.05) is 30.4 Å². The van der Waals surface area contributed by atoms with Crippen LogP contribution in [0.4, 0.5) is 5.69 Å². The molecular weight excluding hydrogens is 306 g/mol. The van der Waals surface area contributed by atoms with Crippen LogP contribution in [0, 0.1) is 0 Å². The molecule has 4 heteroatoms. The van der Waals surface area contributed by atoms with Gasteiger partial charge in [0.25, 0.3) is 0 Å². The predicted molar refractivity (Wildman–Crippen MR) is 81.6 cm³/mol. The Morgan fingerprint density at radius 1 is 1.47 bits per heavy atom. The van der Waals surface area contributed by atoms with Crippen LogP contribution < -0.4 is 4.90 Å². The van der Waals surface area contributed by atoms with Crippen LogP contribution in [0.25, 0.3) is 0 Å². The van der Waals surface area contributed by atoms with Gasteiger partial charge in [-0.2, -0.15) is 0 Å². The highest BCUT2D eigenvalue weighted by molar-refractivity contribution is 9.10. The SMILES string of the molecule is COC1(C)CCCN(c2ccc([C@@H](C)O)c(Br)c2)C1. The molecule has 2 rings (SSSR count). The van der Waals surface area contributed by atoms with Gasteiger partial charge in [-0.25, -0.2) is 0 Å². The van der Waals surface area contributed by atoms with E-state index in [1.807, 2.05) is 6.07 Å². The highest BCUT2D eigenvalue weighted by Gasteiger charge is 2.31. The Kier molecular flexibility index (Phi) is 4.54. The summed E-state index contributed by atoms with van der Waals surface area (Å²) in [6.07, 6.45) is 1.79. The second-order valence-corrected chi connectivity index (χ2v) is 6.42. The molecule has 0 saturated carbocycles. The molecule has 0 aliphatic carbocycles. The summed E-state index contributed by atoms with van der Waals surface area (Å²) < 4.78 is 6.59. The largest absolute Gasteiger partial charge is 0.389 e. The zero-order chi connectivity index (χ0) is 14.0. The van der Waals surface area contributed by atoms with Crippen molar-refractivity contribution < 1.29 is 9.84 Å². The lowest BCUT2D eigenvalue weighted by molar-refractivity contribution is -0.00465. The third-order valence-electron chi connectivity index (χ3n) is 3.95. The first-order chi connectivity index (χ1) is 8.95. The van der Waals surface area contributed by atoms with Crippen molar-refractivity contribution in [2.24, 2.45) is 0 Å². The molecule has 1 heterocycles. The van der Waals surface area contributed by atoms with Gasteiger partial charge < -0.3 is 14.7 Å². The summed E-state index contributed by atoms with van der Waals surface area (Å²) in [4.78, 5) is 2.35. The molecule has 0 amide bonds. The number of benzene rings is 1. The summed E-state index contributed by atoms with van der Waals surface area (Å²) in [6, 6.07) is 6.15. The molecule has 0 spiro atoms. The van der Waals surface area contributed by atoms with Crippen LogP contribution in [0.3, 0.4) is 0 Å². The second kappa shape index (κ2) is 5.81. The van der Waals surface area contributed by atoms with Crippen LogP contribution in [0.1, 0.15) is 38.4 Å². The molecule has 1 aliphatic heterocycles. The van der Waals surface area contributed by atoms with Crippen LogP contribution in [-0.2, 0) is 4.74 Å². The average Bonchev–Trinajstić information content (AvgIpc) is 2.38. The molecule has 1 aromatic carbocycles. The van der Waals surface area contributed by atoms with Gasteiger partial charge in [-0.3, -0.25) is 0 Å². The molecule has 1 unspecified atom stereocenters. The van der Waals surface area contributed by atoms with Crippen molar-refractivity contribution in [1.29, 1.82) is 0 Å². The van der Waals surface area contributed by atoms with Gasteiger partial charge in [0.1, 0.15) is 0 Å². The van der Waals surface area contributed by atoms with Crippen molar-refractivity contribution in [2.45, 2.75) is 38.4 Å². The minimum atomic E-state index is -0.450. The first-order valence-electron chi connectivity index (χ1n) is 6.73. The first kappa shape index (κ1) is 14.8. The number of hydrogen-bond acceptors (Lipinski definition) is 3. The molecule has 19 heavy (non-hydrogen) atoms. The van der Waals surface area contributed by atoms with Crippen LogP contribution in [0.2, 0.25) is 0 Å². The number of rotatable bonds is 3. The Morgan fingerprint density at radius 2 is 2.21 bits per heavy atom. The minimum Gasteiger partial charge on any atom is -0.389 e. The van der Waals surface area contributed by atoms with Crippen molar-refractivity contribution in [3.8, 4) is 0 Å². The summed E-state index contributed by atoms with van der Waals surface area (Å²) in [5.41, 5.74) is 2.04. The molecule has 3 nitrogen and oxygen atoms in total. The van der Waals surface area contributed by atoms with Crippen LogP contribution in [0.5, 0.6) is 0 Å². The molecule has 1 saturated heterocycles. The van der Waals surface area contributed by atoms with Crippen molar-refractivity contribution in [2.75, 3.05) is 25.1 Å². The van der Waals surface area contributed by atoms with Crippen LogP contribution in [-0.4, -0.2) is 30.9 Å². The van der Waals surface area contributed by atoms with Gasteiger partial charge >= 0.3 is 0 Å². The van der Waals surface area contributed by atoms with E-state index in [1.165, 1.54) is 5.69 Å². The maximum absolute atomic E-state index is 9.66. The Bertz CT molecular complexity index is 450. The second-order valence-electron chi connectivity index (χ2n) is 5.56. The highest BCUT2D eigenvalue weighted by Crippen LogP contribution is 2.32. The maximum Gasteiger partial charge on any atom is 0.0825 e. The van der Waals surface area contributed by atoms with E-state index < -0.39 is 6.10 Å². The minimum absolute atomic E-state index is 0.0618. The van der Waals surface area contributed by atoms with Crippen LogP contribution >= 0.6 is 15.9 Å². The zero-order valence-electron chi connectivity index (χ0n) is 11.8. The molecule has 1 N–H and O–H groups in total. The molecule has 1 fully saturated rings. The molecule has 1 aliphatic rings. The number of hydrogen-bond donors (Lipinski definition) is 1. The van der Waals surface area contributed by atoms with Gasteiger partial charge in [0.05, 0.1) is 11.7 Å². The fourth-order valence-corrected chi connectivity index (χ4v) is 3.34. The van der Waals surface area contributed by atoms with Crippen molar-refractivity contribution in [3.63, 3.8) is 0 Å². The normalized spacial score (nSPS) is 25.4. The van der Waals surface area contributed by atoms with Gasteiger partial charge in [-0.1, -0.05) is 22.0 Å². The van der Waals surface area contributed by atoms with E-state index in [0.717, 1.165) is 36.0 Å². The van der Waals surface area contributed by atoms with E-state index in [-0.39, 0.29) is 5.60 Å². The molecule has 1 aromatic rings. The summed E-state index contributed by atoms with van der Waals surface area (Å²) in [6.45, 7) is 5.91. The smallest absolute Gasteiger partial charge is 0.0825 e. The van der Waals surface area contributed by atoms with E-state index in [0.29, 0.717) is 0 Å². The van der Waals surface area contributed by atoms with Gasteiger partial charge in [0.15, 0.2) is 0 Å². The summed E-state index contributed by atoms with van der Waals surface area (Å²) in [5.74, 6) is 0. The summed E-state index contributed by atoms with van der Waals surface area (Å²) >= 11 is 3.54. The Labute approximate surface area is 123 Å². The van der Waals surface area contributed by atoms with Crippen LogP contribution in [0.15, 0.2) is 22.7 Å². The quantitative estimate of drug-likeness (QED) is 0.922. The summed E-state index contributed by atoms with van der Waals surface area (Å²) in [7, 11) is 1.79. The van der Waals surface area contributed by atoms with E-state index in [9.17, 15) is 5.11 Å². The van der Waals surface area contributed by atoms with E-state index >= 15 is 0 Å². The Morgan fingerprint density at radius 3 is 2.79 bits per heavy atom. The average molecular weight is 328 g/mol. The van der Waals surface area contributed by atoms with E-state index in [4.69, 9.17) is 4.74 Å². The fraction of sp³-hybridized carbons (Fsp3) is 0.600. The number of aliphatic hydroxyl groups is 1. The van der Waals surface area contributed by atoms with Gasteiger partial charge in [-0.15, -0.1) is 0 Å². The number of methoxy groups -OCH3 is 1. The standard InChI is InChI=1S/C15H22BrNO2/c1-11(18)13-6-5-12(9-14(13)16)17-8-4-7-15(2,10-17)19-3/h5-6,9,11,18H,4,7-8,10H2,1-3H3/t11-,15?/m1/s1. The lowest BCUT2D eigenvalue weighted by atomic mass is 9.94. The predicted octanol–water partition coefficient (Wildman–Crippen LogP) is 3.51. The lowest BCUT2D eigenvalue weighted by Crippen LogP contribution is -2.47. The third-order valence-corrected chi connectivity index (χ3v) is 4.64.